The van der Waals surface area contributed by atoms with Gasteiger partial charge in [0.25, 0.3) is 6.43 Å². The fraction of sp³-hybridized carbons (Fsp3) is 0.667. The van der Waals surface area contributed by atoms with Crippen molar-refractivity contribution in [2.24, 2.45) is 0 Å². The van der Waals surface area contributed by atoms with Crippen LogP contribution in [0, 0.1) is 0 Å². The molecule has 1 heterocycles. The average Bonchev–Trinajstić information content (AvgIpc) is 2.67. The lowest BCUT2D eigenvalue weighted by Gasteiger charge is -2.17. The summed E-state index contributed by atoms with van der Waals surface area (Å²) in [6, 6.07) is 0. The molecule has 0 spiro atoms. The number of aromatic nitrogens is 2. The zero-order valence-electron chi connectivity index (χ0n) is 9.16. The van der Waals surface area contributed by atoms with Crippen LogP contribution >= 0.6 is 0 Å². The molecule has 0 radical (unpaired) electrons. The van der Waals surface area contributed by atoms with Crippen molar-refractivity contribution < 1.29 is 22.7 Å². The number of esters is 1. The molecule has 7 heteroatoms. The van der Waals surface area contributed by atoms with Gasteiger partial charge in [0.05, 0.1) is 6.61 Å². The number of ether oxygens (including phenoxy) is 1. The second-order valence-electron chi connectivity index (χ2n) is 3.66. The van der Waals surface area contributed by atoms with Gasteiger partial charge in [0, 0.05) is 0 Å². The molecule has 0 fully saturated rings. The Balaban J connectivity index is 2.91. The van der Waals surface area contributed by atoms with Crippen LogP contribution in [0.1, 0.15) is 37.3 Å². The monoisotopic (exact) mass is 234 g/mol. The van der Waals surface area contributed by atoms with Crippen molar-refractivity contribution in [3.63, 3.8) is 0 Å². The summed E-state index contributed by atoms with van der Waals surface area (Å²) >= 11 is 0. The normalized spacial score (nSPS) is 11.9. The fourth-order valence-corrected chi connectivity index (χ4v) is 0.852. The quantitative estimate of drug-likeness (QED) is 0.743. The van der Waals surface area contributed by atoms with Gasteiger partial charge in [0.1, 0.15) is 5.41 Å². The van der Waals surface area contributed by atoms with E-state index in [4.69, 9.17) is 4.42 Å². The Bertz CT molecular complexity index is 377. The molecule has 1 aromatic heterocycles. The number of halogens is 2. The van der Waals surface area contributed by atoms with E-state index in [0.717, 1.165) is 0 Å². The molecule has 0 aromatic carbocycles. The van der Waals surface area contributed by atoms with Gasteiger partial charge >= 0.3 is 11.9 Å². The minimum Gasteiger partial charge on any atom is -0.459 e. The number of rotatable bonds is 4. The first-order valence-electron chi connectivity index (χ1n) is 4.68. The van der Waals surface area contributed by atoms with Gasteiger partial charge in [0.15, 0.2) is 0 Å². The van der Waals surface area contributed by atoms with Crippen LogP contribution in [-0.4, -0.2) is 29.2 Å². The lowest BCUT2D eigenvalue weighted by atomic mass is 9.94. The predicted octanol–water partition coefficient (Wildman–Crippen LogP) is 1.79. The number of hydrogen-bond acceptors (Lipinski definition) is 5. The third kappa shape index (κ3) is 2.34. The molecule has 5 nitrogen and oxygen atoms in total. The number of carbonyl (C=O) groups excluding carboxylic acids is 1. The van der Waals surface area contributed by atoms with Crippen molar-refractivity contribution in [1.82, 2.24) is 10.2 Å². The van der Waals surface area contributed by atoms with Crippen LogP contribution in [0.4, 0.5) is 8.78 Å². The molecule has 0 bridgehead atoms. The third-order valence-electron chi connectivity index (χ3n) is 1.97. The second kappa shape index (κ2) is 4.54. The van der Waals surface area contributed by atoms with Crippen LogP contribution in [-0.2, 0) is 10.2 Å². The lowest BCUT2D eigenvalue weighted by molar-refractivity contribution is 0.0424. The Morgan fingerprint density at radius 1 is 1.50 bits per heavy atom. The van der Waals surface area contributed by atoms with Crippen LogP contribution in [0.3, 0.4) is 0 Å². The maximum absolute atomic E-state index is 12.6. The molecule has 0 unspecified atom stereocenters. The number of hydrogen-bond donors (Lipinski definition) is 0. The van der Waals surface area contributed by atoms with Gasteiger partial charge in [-0.1, -0.05) is 0 Å². The zero-order chi connectivity index (χ0) is 12.3. The zero-order valence-corrected chi connectivity index (χ0v) is 9.16. The van der Waals surface area contributed by atoms with E-state index in [1.807, 2.05) is 0 Å². The van der Waals surface area contributed by atoms with Crippen molar-refractivity contribution in [3.05, 3.63) is 11.8 Å². The van der Waals surface area contributed by atoms with Crippen LogP contribution in [0.15, 0.2) is 4.42 Å². The van der Waals surface area contributed by atoms with Gasteiger partial charge in [-0.2, -0.15) is 0 Å². The fourth-order valence-electron chi connectivity index (χ4n) is 0.852. The van der Waals surface area contributed by atoms with E-state index >= 15 is 0 Å². The standard InChI is InChI=1S/C9H12F2N2O3/c1-4-15-6(14)5-12-13-8(16-5)9(2,3)7(10)11/h7H,4H2,1-3H3. The SMILES string of the molecule is CCOC(=O)c1nnc(C(C)(C)C(F)F)o1. The van der Waals surface area contributed by atoms with Crippen molar-refractivity contribution in [3.8, 4) is 0 Å². The minimum absolute atomic E-state index is 0.148. The van der Waals surface area contributed by atoms with E-state index in [1.54, 1.807) is 6.92 Å². The highest BCUT2D eigenvalue weighted by atomic mass is 19.3. The van der Waals surface area contributed by atoms with E-state index in [2.05, 4.69) is 14.9 Å². The van der Waals surface area contributed by atoms with E-state index in [0.29, 0.717) is 0 Å². The Kier molecular flexibility index (Phi) is 3.56. The topological polar surface area (TPSA) is 65.2 Å². The van der Waals surface area contributed by atoms with Gasteiger partial charge in [-0.05, 0) is 20.8 Å². The lowest BCUT2D eigenvalue weighted by Crippen LogP contribution is -2.27. The molecule has 0 aliphatic rings. The van der Waals surface area contributed by atoms with Gasteiger partial charge in [-0.25, -0.2) is 13.6 Å². The highest BCUT2D eigenvalue weighted by molar-refractivity contribution is 5.83. The molecule has 0 N–H and O–H groups in total. The largest absolute Gasteiger partial charge is 0.459 e. The first kappa shape index (κ1) is 12.5. The summed E-state index contributed by atoms with van der Waals surface area (Å²) in [6.07, 6.45) is -2.66. The molecule has 0 aliphatic carbocycles. The van der Waals surface area contributed by atoms with Crippen LogP contribution in [0.5, 0.6) is 0 Å². The predicted molar refractivity (Wildman–Crippen MR) is 49.3 cm³/mol. The summed E-state index contributed by atoms with van der Waals surface area (Å²) in [7, 11) is 0. The molecule has 16 heavy (non-hydrogen) atoms. The third-order valence-corrected chi connectivity index (χ3v) is 1.97. The average molecular weight is 234 g/mol. The Hall–Kier alpha value is -1.53. The molecular formula is C9H12F2N2O3. The smallest absolute Gasteiger partial charge is 0.396 e. The van der Waals surface area contributed by atoms with Crippen LogP contribution in [0.25, 0.3) is 0 Å². The Morgan fingerprint density at radius 2 is 2.12 bits per heavy atom. The molecule has 0 aliphatic heterocycles. The highest BCUT2D eigenvalue weighted by Crippen LogP contribution is 2.28. The first-order valence-corrected chi connectivity index (χ1v) is 4.68. The van der Waals surface area contributed by atoms with Gasteiger partial charge in [-0.3, -0.25) is 0 Å². The van der Waals surface area contributed by atoms with Gasteiger partial charge in [0.2, 0.25) is 5.89 Å². The summed E-state index contributed by atoms with van der Waals surface area (Å²) in [4.78, 5) is 11.1. The van der Waals surface area contributed by atoms with E-state index < -0.39 is 23.7 Å². The second-order valence-corrected chi connectivity index (χ2v) is 3.66. The molecule has 0 atom stereocenters. The summed E-state index contributed by atoms with van der Waals surface area (Å²) in [5.74, 6) is -1.51. The van der Waals surface area contributed by atoms with Crippen molar-refractivity contribution >= 4 is 5.97 Å². The van der Waals surface area contributed by atoms with Crippen LogP contribution in [0.2, 0.25) is 0 Å². The number of alkyl halides is 2. The maximum atomic E-state index is 12.6. The molecule has 0 amide bonds. The van der Waals surface area contributed by atoms with E-state index in [9.17, 15) is 13.6 Å². The molecule has 1 rings (SSSR count). The minimum atomic E-state index is -2.66. The maximum Gasteiger partial charge on any atom is 0.396 e. The summed E-state index contributed by atoms with van der Waals surface area (Å²) in [6.45, 7) is 4.26. The van der Waals surface area contributed by atoms with E-state index in [-0.39, 0.29) is 12.5 Å². The number of nitrogens with zero attached hydrogens (tertiary/aromatic N) is 2. The molecule has 90 valence electrons. The van der Waals surface area contributed by atoms with Gasteiger partial charge in [-0.15, -0.1) is 10.2 Å². The van der Waals surface area contributed by atoms with Crippen LogP contribution < -0.4 is 0 Å². The molecular weight excluding hydrogens is 222 g/mol. The van der Waals surface area contributed by atoms with E-state index in [1.165, 1.54) is 13.8 Å². The summed E-state index contributed by atoms with van der Waals surface area (Å²) < 4.78 is 34.7. The molecule has 0 saturated heterocycles. The van der Waals surface area contributed by atoms with Crippen molar-refractivity contribution in [2.45, 2.75) is 32.6 Å². The Labute approximate surface area is 90.8 Å². The van der Waals surface area contributed by atoms with Gasteiger partial charge < -0.3 is 9.15 Å². The summed E-state index contributed by atoms with van der Waals surface area (Å²) in [5.41, 5.74) is -1.59. The van der Waals surface area contributed by atoms with Crippen molar-refractivity contribution in [2.75, 3.05) is 6.61 Å². The Morgan fingerprint density at radius 3 is 2.62 bits per heavy atom. The first-order chi connectivity index (χ1) is 7.39. The molecule has 1 aromatic rings. The van der Waals surface area contributed by atoms with Crippen molar-refractivity contribution in [1.29, 1.82) is 0 Å². The number of carbonyl (C=O) groups is 1. The highest BCUT2D eigenvalue weighted by Gasteiger charge is 2.38. The summed E-state index contributed by atoms with van der Waals surface area (Å²) in [5, 5.41) is 6.77. The molecule has 0 saturated carbocycles.